The molecule has 5 nitrogen and oxygen atoms in total. The van der Waals surface area contributed by atoms with Crippen LogP contribution in [0, 0.1) is 5.92 Å². The number of carbonyl (C=O) groups excluding carboxylic acids is 1. The summed E-state index contributed by atoms with van der Waals surface area (Å²) in [4.78, 5) is 16.6. The van der Waals surface area contributed by atoms with E-state index in [-0.39, 0.29) is 12.1 Å². The Bertz CT molecular complexity index is 724. The number of rotatable bonds is 4. The second-order valence-electron chi connectivity index (χ2n) is 6.78. The quantitative estimate of drug-likeness (QED) is 0.908. The summed E-state index contributed by atoms with van der Waals surface area (Å²) in [7, 11) is 0. The van der Waals surface area contributed by atoms with Gasteiger partial charge < -0.3 is 15.4 Å². The van der Waals surface area contributed by atoms with Gasteiger partial charge >= 0.3 is 6.03 Å². The number of nitrogens with one attached hydrogen (secondary N) is 2. The van der Waals surface area contributed by atoms with Crippen LogP contribution in [0.3, 0.4) is 0 Å². The van der Waals surface area contributed by atoms with Crippen LogP contribution >= 0.6 is 0 Å². The van der Waals surface area contributed by atoms with Gasteiger partial charge in [-0.05, 0) is 49.3 Å². The molecule has 2 unspecified atom stereocenters. The van der Waals surface area contributed by atoms with E-state index in [1.165, 1.54) is 12.8 Å². The van der Waals surface area contributed by atoms with Crippen molar-refractivity contribution in [2.24, 2.45) is 5.92 Å². The Morgan fingerprint density at radius 1 is 1.21 bits per heavy atom. The normalized spacial score (nSPS) is 23.8. The largest absolute Gasteiger partial charge is 0.378 e. The molecular formula is C19H23N3O2. The van der Waals surface area contributed by atoms with Gasteiger partial charge in [-0.1, -0.05) is 18.2 Å². The lowest BCUT2D eigenvalue weighted by Crippen LogP contribution is -2.46. The lowest BCUT2D eigenvalue weighted by molar-refractivity contribution is -0.00914. The van der Waals surface area contributed by atoms with Crippen LogP contribution in [0.2, 0.25) is 0 Å². The van der Waals surface area contributed by atoms with Gasteiger partial charge in [0.05, 0.1) is 11.6 Å². The van der Waals surface area contributed by atoms with Crippen molar-refractivity contribution >= 4 is 16.9 Å². The first-order valence-electron chi connectivity index (χ1n) is 8.78. The van der Waals surface area contributed by atoms with Gasteiger partial charge in [0.2, 0.25) is 0 Å². The molecule has 2 heterocycles. The van der Waals surface area contributed by atoms with E-state index in [1.807, 2.05) is 30.3 Å². The van der Waals surface area contributed by atoms with Gasteiger partial charge in [0.25, 0.3) is 0 Å². The Labute approximate surface area is 141 Å². The van der Waals surface area contributed by atoms with E-state index in [2.05, 4.69) is 15.6 Å². The first-order valence-corrected chi connectivity index (χ1v) is 8.78. The van der Waals surface area contributed by atoms with Crippen molar-refractivity contribution in [3.63, 3.8) is 0 Å². The van der Waals surface area contributed by atoms with Crippen molar-refractivity contribution in [1.82, 2.24) is 15.6 Å². The third kappa shape index (κ3) is 3.51. The van der Waals surface area contributed by atoms with Crippen molar-refractivity contribution in [3.05, 3.63) is 42.1 Å². The average molecular weight is 325 g/mol. The maximum atomic E-state index is 12.2. The lowest BCUT2D eigenvalue weighted by atomic mass is 10.0. The number of aromatic nitrogens is 1. The van der Waals surface area contributed by atoms with Crippen LogP contribution in [0.5, 0.6) is 0 Å². The van der Waals surface area contributed by atoms with Gasteiger partial charge in [0.15, 0.2) is 0 Å². The predicted octanol–water partition coefficient (Wildman–Crippen LogP) is 2.99. The number of amides is 2. The number of fused-ring (bicyclic) bond motifs is 1. The molecule has 2 atom stereocenters. The highest BCUT2D eigenvalue weighted by molar-refractivity contribution is 5.82. The van der Waals surface area contributed by atoms with Gasteiger partial charge in [-0.25, -0.2) is 4.79 Å². The van der Waals surface area contributed by atoms with Gasteiger partial charge in [-0.15, -0.1) is 0 Å². The van der Waals surface area contributed by atoms with Crippen molar-refractivity contribution in [2.45, 2.75) is 44.4 Å². The maximum absolute atomic E-state index is 12.2. The molecule has 2 aromatic rings. The molecule has 1 aromatic heterocycles. The van der Waals surface area contributed by atoms with Crippen LogP contribution in [-0.2, 0) is 11.3 Å². The third-order valence-electron chi connectivity index (χ3n) is 4.98. The molecule has 1 aromatic carbocycles. The molecule has 24 heavy (non-hydrogen) atoms. The van der Waals surface area contributed by atoms with Gasteiger partial charge in [-0.2, -0.15) is 0 Å². The van der Waals surface area contributed by atoms with Gasteiger partial charge in [-0.3, -0.25) is 4.98 Å². The molecule has 2 N–H and O–H groups in total. The van der Waals surface area contributed by atoms with Crippen LogP contribution in [-0.4, -0.2) is 29.8 Å². The zero-order valence-electron chi connectivity index (χ0n) is 13.7. The van der Waals surface area contributed by atoms with Crippen LogP contribution < -0.4 is 10.6 Å². The molecule has 0 radical (unpaired) electrons. The summed E-state index contributed by atoms with van der Waals surface area (Å²) in [6.07, 6.45) is 6.52. The monoisotopic (exact) mass is 325 g/mol. The Morgan fingerprint density at radius 2 is 2.08 bits per heavy atom. The number of ether oxygens (including phenoxy) is 1. The van der Waals surface area contributed by atoms with E-state index in [0.29, 0.717) is 12.6 Å². The first kappa shape index (κ1) is 15.4. The number of hydrogen-bond acceptors (Lipinski definition) is 3. The molecule has 4 rings (SSSR count). The Morgan fingerprint density at radius 3 is 2.96 bits per heavy atom. The highest BCUT2D eigenvalue weighted by Crippen LogP contribution is 2.38. The number of urea groups is 1. The number of nitrogens with zero attached hydrogens (tertiary/aromatic N) is 1. The van der Waals surface area contributed by atoms with Crippen LogP contribution in [0.25, 0.3) is 10.9 Å². The fraction of sp³-hybridized carbons (Fsp3) is 0.474. The Balaban J connectivity index is 1.32. The zero-order valence-corrected chi connectivity index (χ0v) is 13.7. The summed E-state index contributed by atoms with van der Waals surface area (Å²) in [5, 5.41) is 7.17. The third-order valence-corrected chi connectivity index (χ3v) is 4.98. The fourth-order valence-electron chi connectivity index (χ4n) is 3.48. The SMILES string of the molecule is O=C(NCc1ccnc2ccccc12)NC1CCOC(C2CC2)C1. The van der Waals surface area contributed by atoms with Crippen molar-refractivity contribution in [3.8, 4) is 0 Å². The van der Waals surface area contributed by atoms with Crippen molar-refractivity contribution in [1.29, 1.82) is 0 Å². The van der Waals surface area contributed by atoms with E-state index >= 15 is 0 Å². The summed E-state index contributed by atoms with van der Waals surface area (Å²) in [6.45, 7) is 1.26. The highest BCUT2D eigenvalue weighted by Gasteiger charge is 2.36. The lowest BCUT2D eigenvalue weighted by Gasteiger charge is -2.30. The molecule has 0 spiro atoms. The van der Waals surface area contributed by atoms with Gasteiger partial charge in [0.1, 0.15) is 0 Å². The molecule has 1 saturated heterocycles. The number of pyridine rings is 1. The minimum absolute atomic E-state index is 0.0997. The Hall–Kier alpha value is -2.14. The second-order valence-corrected chi connectivity index (χ2v) is 6.78. The topological polar surface area (TPSA) is 63.2 Å². The molecule has 2 fully saturated rings. The van der Waals surface area contributed by atoms with E-state index in [4.69, 9.17) is 4.74 Å². The standard InChI is InChI=1S/C19H23N3O2/c23-19(22-15-8-10-24-18(11-15)13-5-6-13)21-12-14-7-9-20-17-4-2-1-3-16(14)17/h1-4,7,9,13,15,18H,5-6,8,10-12H2,(H2,21,22,23). The Kier molecular flexibility index (Phi) is 4.34. The summed E-state index contributed by atoms with van der Waals surface area (Å²) in [5.41, 5.74) is 2.03. The van der Waals surface area contributed by atoms with E-state index in [1.54, 1.807) is 6.20 Å². The minimum atomic E-state index is -0.0997. The van der Waals surface area contributed by atoms with E-state index in [9.17, 15) is 4.79 Å². The molecule has 1 aliphatic carbocycles. The summed E-state index contributed by atoms with van der Waals surface area (Å²) < 4.78 is 5.81. The molecule has 2 aliphatic rings. The second kappa shape index (κ2) is 6.77. The zero-order chi connectivity index (χ0) is 16.4. The minimum Gasteiger partial charge on any atom is -0.378 e. The van der Waals surface area contributed by atoms with Crippen LogP contribution in [0.1, 0.15) is 31.2 Å². The molecule has 5 heteroatoms. The predicted molar refractivity (Wildman–Crippen MR) is 92.6 cm³/mol. The summed E-state index contributed by atoms with van der Waals surface area (Å²) >= 11 is 0. The highest BCUT2D eigenvalue weighted by atomic mass is 16.5. The van der Waals surface area contributed by atoms with Crippen molar-refractivity contribution in [2.75, 3.05) is 6.61 Å². The number of para-hydroxylation sites is 1. The van der Waals surface area contributed by atoms with Gasteiger partial charge in [0, 0.05) is 30.8 Å². The van der Waals surface area contributed by atoms with Crippen LogP contribution in [0.4, 0.5) is 4.79 Å². The molecule has 1 aliphatic heterocycles. The molecule has 1 saturated carbocycles. The summed E-state index contributed by atoms with van der Waals surface area (Å²) in [6, 6.07) is 10.1. The van der Waals surface area contributed by atoms with Crippen molar-refractivity contribution < 1.29 is 9.53 Å². The van der Waals surface area contributed by atoms with E-state index < -0.39 is 0 Å². The van der Waals surface area contributed by atoms with E-state index in [0.717, 1.165) is 41.8 Å². The average Bonchev–Trinajstić information content (AvgIpc) is 3.45. The molecule has 0 bridgehead atoms. The smallest absolute Gasteiger partial charge is 0.315 e. The number of benzene rings is 1. The number of hydrogen-bond donors (Lipinski definition) is 2. The first-order chi connectivity index (χ1) is 11.8. The molecule has 2 amide bonds. The number of carbonyl (C=O) groups is 1. The maximum Gasteiger partial charge on any atom is 0.315 e. The van der Waals surface area contributed by atoms with Crippen LogP contribution in [0.15, 0.2) is 36.5 Å². The molecule has 126 valence electrons. The summed E-state index contributed by atoms with van der Waals surface area (Å²) in [5.74, 6) is 0.723. The molecular weight excluding hydrogens is 302 g/mol. The fourth-order valence-corrected chi connectivity index (χ4v) is 3.48.